The summed E-state index contributed by atoms with van der Waals surface area (Å²) in [7, 11) is 0. The van der Waals surface area contributed by atoms with Gasteiger partial charge in [-0.25, -0.2) is 0 Å². The Labute approximate surface area is 125 Å². The van der Waals surface area contributed by atoms with Crippen molar-refractivity contribution >= 4 is 5.78 Å². The molecule has 21 heavy (non-hydrogen) atoms. The molecule has 0 unspecified atom stereocenters. The molecule has 1 N–H and O–H groups in total. The van der Waals surface area contributed by atoms with E-state index in [9.17, 15) is 4.79 Å². The first-order valence-electron chi connectivity index (χ1n) is 7.04. The zero-order valence-electron chi connectivity index (χ0n) is 12.6. The predicted molar refractivity (Wildman–Crippen MR) is 77.6 cm³/mol. The minimum absolute atomic E-state index is 0.00210. The third-order valence-corrected chi connectivity index (χ3v) is 2.61. The number of rotatable bonds is 11. The number of carbonyl (C=O) groups excluding carboxylic acids is 1. The third-order valence-electron chi connectivity index (χ3n) is 2.61. The van der Waals surface area contributed by atoms with Crippen LogP contribution >= 0.6 is 0 Å². The molecule has 0 aliphatic heterocycles. The molecule has 1 heterocycles. The lowest BCUT2D eigenvalue weighted by atomic mass is 10.1. The Kier molecular flexibility index (Phi) is 8.57. The normalized spacial score (nSPS) is 10.9. The summed E-state index contributed by atoms with van der Waals surface area (Å²) in [6, 6.07) is 3.36. The smallest absolute Gasteiger partial charge is 0.183 e. The van der Waals surface area contributed by atoms with Crippen LogP contribution in [0.15, 0.2) is 18.3 Å². The van der Waals surface area contributed by atoms with E-state index in [-0.39, 0.29) is 18.3 Å². The van der Waals surface area contributed by atoms with Crippen molar-refractivity contribution in [2.24, 2.45) is 5.92 Å². The quantitative estimate of drug-likeness (QED) is 0.490. The second-order valence-electron chi connectivity index (χ2n) is 4.69. The van der Waals surface area contributed by atoms with Gasteiger partial charge in [-0.15, -0.1) is 0 Å². The maximum atomic E-state index is 11.8. The van der Waals surface area contributed by atoms with Crippen molar-refractivity contribution < 1.29 is 24.1 Å². The number of ketones is 1. The summed E-state index contributed by atoms with van der Waals surface area (Å²) >= 11 is 0. The van der Waals surface area contributed by atoms with Gasteiger partial charge in [-0.3, -0.25) is 9.78 Å². The number of hydrogen-bond donors (Lipinski definition) is 1. The SMILES string of the molecule is CC(C)C(=O)c1cc(OCCOCCOCCO)ccn1. The molecule has 0 spiro atoms. The van der Waals surface area contributed by atoms with Crippen LogP contribution in [0.3, 0.4) is 0 Å². The highest BCUT2D eigenvalue weighted by Crippen LogP contribution is 2.13. The highest BCUT2D eigenvalue weighted by atomic mass is 16.5. The maximum absolute atomic E-state index is 11.8. The molecular formula is C15H23NO5. The molecule has 6 nitrogen and oxygen atoms in total. The average Bonchev–Trinajstić information content (AvgIpc) is 2.49. The Morgan fingerprint density at radius 3 is 2.52 bits per heavy atom. The van der Waals surface area contributed by atoms with E-state index in [4.69, 9.17) is 19.3 Å². The summed E-state index contributed by atoms with van der Waals surface area (Å²) < 4.78 is 15.9. The molecular weight excluding hydrogens is 274 g/mol. The number of aliphatic hydroxyl groups is 1. The van der Waals surface area contributed by atoms with Crippen LogP contribution in [-0.2, 0) is 9.47 Å². The molecule has 0 bridgehead atoms. The molecule has 0 amide bonds. The molecule has 0 aromatic carbocycles. The average molecular weight is 297 g/mol. The Bertz CT molecular complexity index is 422. The molecule has 0 aliphatic carbocycles. The first-order chi connectivity index (χ1) is 10.1. The van der Waals surface area contributed by atoms with E-state index in [0.717, 1.165) is 0 Å². The summed E-state index contributed by atoms with van der Waals surface area (Å²) in [5, 5.41) is 8.51. The fraction of sp³-hybridized carbons (Fsp3) is 0.600. The number of carbonyl (C=O) groups is 1. The molecule has 0 aliphatic rings. The van der Waals surface area contributed by atoms with E-state index in [0.29, 0.717) is 44.5 Å². The largest absolute Gasteiger partial charge is 0.491 e. The molecule has 0 fully saturated rings. The van der Waals surface area contributed by atoms with Gasteiger partial charge in [-0.05, 0) is 6.07 Å². The third kappa shape index (κ3) is 7.17. The highest BCUT2D eigenvalue weighted by molar-refractivity contribution is 5.95. The van der Waals surface area contributed by atoms with E-state index in [1.807, 2.05) is 13.8 Å². The fourth-order valence-corrected chi connectivity index (χ4v) is 1.54. The lowest BCUT2D eigenvalue weighted by Gasteiger charge is -2.09. The number of nitrogens with zero attached hydrogens (tertiary/aromatic N) is 1. The minimum Gasteiger partial charge on any atom is -0.491 e. The summed E-state index contributed by atoms with van der Waals surface area (Å²) in [6.07, 6.45) is 1.56. The van der Waals surface area contributed by atoms with Crippen molar-refractivity contribution in [3.8, 4) is 5.75 Å². The van der Waals surface area contributed by atoms with Gasteiger partial charge in [-0.2, -0.15) is 0 Å². The topological polar surface area (TPSA) is 77.9 Å². The van der Waals surface area contributed by atoms with Gasteiger partial charge in [0.1, 0.15) is 18.1 Å². The van der Waals surface area contributed by atoms with Gasteiger partial charge >= 0.3 is 0 Å². The van der Waals surface area contributed by atoms with Gasteiger partial charge < -0.3 is 19.3 Å². The summed E-state index contributed by atoms with van der Waals surface area (Å²) in [5.74, 6) is 0.516. The second-order valence-corrected chi connectivity index (χ2v) is 4.69. The van der Waals surface area contributed by atoms with Crippen LogP contribution in [0.1, 0.15) is 24.3 Å². The summed E-state index contributed by atoms with van der Waals surface area (Å²) in [6.45, 7) is 5.73. The summed E-state index contributed by atoms with van der Waals surface area (Å²) in [4.78, 5) is 15.9. The van der Waals surface area contributed by atoms with Crippen LogP contribution in [0.25, 0.3) is 0 Å². The molecule has 1 aromatic rings. The molecule has 1 aromatic heterocycles. The fourth-order valence-electron chi connectivity index (χ4n) is 1.54. The first kappa shape index (κ1) is 17.6. The number of aliphatic hydroxyl groups excluding tert-OH is 1. The lowest BCUT2D eigenvalue weighted by Crippen LogP contribution is -2.13. The van der Waals surface area contributed by atoms with Gasteiger partial charge in [0.05, 0.1) is 33.0 Å². The number of Topliss-reactive ketones (excluding diaryl/α,β-unsaturated/α-hetero) is 1. The molecule has 0 saturated heterocycles. The standard InChI is InChI=1S/C15H23NO5/c1-12(2)15(18)14-11-13(3-4-16-14)21-10-9-20-8-7-19-6-5-17/h3-4,11-12,17H,5-10H2,1-2H3. The predicted octanol–water partition coefficient (Wildman–Crippen LogP) is 1.32. The Morgan fingerprint density at radius 2 is 1.86 bits per heavy atom. The van der Waals surface area contributed by atoms with Crippen LogP contribution in [-0.4, -0.2) is 55.5 Å². The monoisotopic (exact) mass is 297 g/mol. The maximum Gasteiger partial charge on any atom is 0.183 e. The minimum atomic E-state index is -0.0880. The molecule has 118 valence electrons. The van der Waals surface area contributed by atoms with Crippen LogP contribution in [0.4, 0.5) is 0 Å². The van der Waals surface area contributed by atoms with Gasteiger partial charge in [0, 0.05) is 18.2 Å². The van der Waals surface area contributed by atoms with Crippen molar-refractivity contribution in [2.75, 3.05) is 39.6 Å². The van der Waals surface area contributed by atoms with Gasteiger partial charge in [-0.1, -0.05) is 13.8 Å². The number of aromatic nitrogens is 1. The van der Waals surface area contributed by atoms with Crippen LogP contribution in [0.5, 0.6) is 5.75 Å². The van der Waals surface area contributed by atoms with E-state index >= 15 is 0 Å². The van der Waals surface area contributed by atoms with Crippen molar-refractivity contribution in [2.45, 2.75) is 13.8 Å². The van der Waals surface area contributed by atoms with E-state index in [1.165, 1.54) is 0 Å². The molecule has 6 heteroatoms. The van der Waals surface area contributed by atoms with Crippen molar-refractivity contribution in [3.05, 3.63) is 24.0 Å². The van der Waals surface area contributed by atoms with E-state index < -0.39 is 0 Å². The van der Waals surface area contributed by atoms with Crippen molar-refractivity contribution in [3.63, 3.8) is 0 Å². The lowest BCUT2D eigenvalue weighted by molar-refractivity contribution is 0.0247. The van der Waals surface area contributed by atoms with Crippen molar-refractivity contribution in [1.82, 2.24) is 4.98 Å². The van der Waals surface area contributed by atoms with Crippen LogP contribution < -0.4 is 4.74 Å². The number of pyridine rings is 1. The molecule has 0 atom stereocenters. The highest BCUT2D eigenvalue weighted by Gasteiger charge is 2.12. The van der Waals surface area contributed by atoms with Gasteiger partial charge in [0.15, 0.2) is 5.78 Å². The zero-order chi connectivity index (χ0) is 15.5. The summed E-state index contributed by atoms with van der Waals surface area (Å²) in [5.41, 5.74) is 0.417. The second kappa shape index (κ2) is 10.3. The Hall–Kier alpha value is -1.50. The van der Waals surface area contributed by atoms with E-state index in [2.05, 4.69) is 4.98 Å². The molecule has 1 rings (SSSR count). The number of hydrogen-bond acceptors (Lipinski definition) is 6. The van der Waals surface area contributed by atoms with Crippen LogP contribution in [0, 0.1) is 5.92 Å². The first-order valence-corrected chi connectivity index (χ1v) is 7.04. The number of ether oxygens (including phenoxy) is 3. The van der Waals surface area contributed by atoms with Crippen molar-refractivity contribution in [1.29, 1.82) is 0 Å². The molecule has 0 radical (unpaired) electrons. The van der Waals surface area contributed by atoms with Gasteiger partial charge in [0.25, 0.3) is 0 Å². The van der Waals surface area contributed by atoms with E-state index in [1.54, 1.807) is 18.3 Å². The van der Waals surface area contributed by atoms with Crippen LogP contribution in [0.2, 0.25) is 0 Å². The molecule has 0 saturated carbocycles. The Morgan fingerprint density at radius 1 is 1.19 bits per heavy atom. The van der Waals surface area contributed by atoms with Gasteiger partial charge in [0.2, 0.25) is 0 Å². The zero-order valence-corrected chi connectivity index (χ0v) is 12.6. The Balaban J connectivity index is 2.23.